The van der Waals surface area contributed by atoms with Crippen LogP contribution in [-0.4, -0.2) is 53.1 Å². The Bertz CT molecular complexity index is 185. The average Bonchev–Trinajstić information content (AvgIpc) is 2.53. The molecule has 1 fully saturated rings. The summed E-state index contributed by atoms with van der Waals surface area (Å²) in [4.78, 5) is 2.48. The predicted molar refractivity (Wildman–Crippen MR) is 56.4 cm³/mol. The van der Waals surface area contributed by atoms with Crippen LogP contribution in [0.1, 0.15) is 12.8 Å². The number of rotatable bonds is 3. The number of nitrogens with zero attached hydrogens (tertiary/aromatic N) is 1. The highest BCUT2D eigenvalue weighted by Crippen LogP contribution is 2.08. The lowest BCUT2D eigenvalue weighted by atomic mass is 9.91. The maximum Gasteiger partial charge on any atom is 0.472 e. The lowest BCUT2D eigenvalue weighted by Gasteiger charge is -2.23. The minimum Gasteiger partial charge on any atom is -0.426 e. The van der Waals surface area contributed by atoms with Gasteiger partial charge in [0.25, 0.3) is 0 Å². The highest BCUT2D eigenvalue weighted by Gasteiger charge is 2.23. The zero-order valence-electron chi connectivity index (χ0n) is 7.73. The van der Waals surface area contributed by atoms with Crippen LogP contribution in [0.2, 0.25) is 0 Å². The van der Waals surface area contributed by atoms with E-state index < -0.39 is 7.12 Å². The van der Waals surface area contributed by atoms with Crippen LogP contribution in [-0.2, 0) is 0 Å². The van der Waals surface area contributed by atoms with E-state index >= 15 is 0 Å². The van der Waals surface area contributed by atoms with Gasteiger partial charge in [0.2, 0.25) is 0 Å². The summed E-state index contributed by atoms with van der Waals surface area (Å²) in [5.74, 6) is 0. The van der Waals surface area contributed by atoms with Crippen LogP contribution in [0.4, 0.5) is 0 Å². The molecular formula is C7H15BN2O2S. The first-order chi connectivity index (χ1) is 6.11. The fourth-order valence-corrected chi connectivity index (χ4v) is 1.77. The molecular weight excluding hydrogens is 187 g/mol. The second-order valence-electron chi connectivity index (χ2n) is 3.35. The van der Waals surface area contributed by atoms with Gasteiger partial charge in [-0.1, -0.05) is 12.2 Å². The number of hydrogen-bond acceptors (Lipinski definition) is 4. The van der Waals surface area contributed by atoms with Gasteiger partial charge in [0.05, 0.1) is 17.5 Å². The molecule has 1 aliphatic heterocycles. The van der Waals surface area contributed by atoms with E-state index in [1.807, 2.05) is 0 Å². The molecule has 1 atom stereocenters. The lowest BCUT2D eigenvalue weighted by molar-refractivity contribution is 0.376. The van der Waals surface area contributed by atoms with Gasteiger partial charge in [-0.15, -0.1) is 0 Å². The summed E-state index contributed by atoms with van der Waals surface area (Å²) in [5, 5.41) is 20.8. The summed E-state index contributed by atoms with van der Waals surface area (Å²) in [6.07, 6.45) is 2.36. The Morgan fingerprint density at radius 1 is 1.69 bits per heavy atom. The van der Waals surface area contributed by atoms with Crippen LogP contribution in [0, 0.1) is 0 Å². The van der Waals surface area contributed by atoms with Crippen LogP contribution >= 0.6 is 12.2 Å². The Labute approximate surface area is 84.1 Å². The van der Waals surface area contributed by atoms with Crippen molar-refractivity contribution in [1.82, 2.24) is 10.2 Å². The summed E-state index contributed by atoms with van der Waals surface area (Å²) >= 11 is 5.20. The molecule has 0 aliphatic carbocycles. The lowest BCUT2D eigenvalue weighted by Crippen LogP contribution is -2.44. The van der Waals surface area contributed by atoms with E-state index in [2.05, 4.69) is 5.32 Å². The predicted octanol–water partition coefficient (Wildman–Crippen LogP) is -0.990. The van der Waals surface area contributed by atoms with Gasteiger partial charge in [-0.05, 0) is 19.4 Å². The van der Waals surface area contributed by atoms with Gasteiger partial charge < -0.3 is 20.3 Å². The molecule has 0 aromatic rings. The van der Waals surface area contributed by atoms with E-state index in [0.717, 1.165) is 24.4 Å². The number of likely N-dealkylation sites (N-methyl/N-ethyl adjacent to an activating group) is 1. The monoisotopic (exact) mass is 202 g/mol. The van der Waals surface area contributed by atoms with Crippen molar-refractivity contribution in [3.05, 3.63) is 0 Å². The molecule has 1 saturated heterocycles. The number of hydrogen-bond donors (Lipinski definition) is 3. The Hall–Kier alpha value is -0.165. The van der Waals surface area contributed by atoms with Gasteiger partial charge in [-0.2, -0.15) is 0 Å². The maximum atomic E-state index is 8.75. The second kappa shape index (κ2) is 4.90. The first-order valence-corrected chi connectivity index (χ1v) is 4.86. The molecule has 1 heterocycles. The van der Waals surface area contributed by atoms with Crippen molar-refractivity contribution in [2.75, 3.05) is 20.0 Å². The van der Waals surface area contributed by atoms with E-state index in [4.69, 9.17) is 22.3 Å². The fourth-order valence-electron chi connectivity index (χ4n) is 1.50. The maximum absolute atomic E-state index is 8.75. The third kappa shape index (κ3) is 3.23. The number of nitrogens with one attached hydrogen (secondary N) is 1. The molecule has 0 saturated carbocycles. The molecule has 6 heteroatoms. The summed E-state index contributed by atoms with van der Waals surface area (Å²) in [5.41, 5.74) is 0. The standard InChI is InChI=1S/C7H15BN2O2S/c1-10(5-8(11)12)7(13)6-3-2-4-9-6/h6,9,11-12H,2-5H2,1H3/t6-/m0/s1. The van der Waals surface area contributed by atoms with Crippen molar-refractivity contribution in [1.29, 1.82) is 0 Å². The molecule has 0 bridgehead atoms. The van der Waals surface area contributed by atoms with Gasteiger partial charge in [0, 0.05) is 7.05 Å². The third-order valence-corrected chi connectivity index (χ3v) is 2.77. The molecule has 13 heavy (non-hydrogen) atoms. The molecule has 4 nitrogen and oxygen atoms in total. The highest BCUT2D eigenvalue weighted by molar-refractivity contribution is 7.80. The minimum absolute atomic E-state index is 0.178. The van der Waals surface area contributed by atoms with Gasteiger partial charge in [0.1, 0.15) is 0 Å². The highest BCUT2D eigenvalue weighted by atomic mass is 32.1. The Morgan fingerprint density at radius 3 is 2.85 bits per heavy atom. The topological polar surface area (TPSA) is 55.7 Å². The number of thiocarbonyl (C=S) groups is 1. The van der Waals surface area contributed by atoms with Crippen molar-refractivity contribution in [2.24, 2.45) is 0 Å². The molecule has 0 radical (unpaired) electrons. The zero-order valence-corrected chi connectivity index (χ0v) is 8.55. The molecule has 1 aliphatic rings. The van der Waals surface area contributed by atoms with Crippen molar-refractivity contribution < 1.29 is 10.0 Å². The Kier molecular flexibility index (Phi) is 4.12. The smallest absolute Gasteiger partial charge is 0.426 e. The van der Waals surface area contributed by atoms with Crippen LogP contribution in [0.5, 0.6) is 0 Å². The van der Waals surface area contributed by atoms with E-state index in [9.17, 15) is 0 Å². The van der Waals surface area contributed by atoms with Gasteiger partial charge in [-0.3, -0.25) is 0 Å². The molecule has 74 valence electrons. The van der Waals surface area contributed by atoms with E-state index in [0.29, 0.717) is 0 Å². The van der Waals surface area contributed by atoms with Crippen molar-refractivity contribution in [3.8, 4) is 0 Å². The van der Waals surface area contributed by atoms with E-state index in [1.54, 1.807) is 11.9 Å². The molecule has 0 unspecified atom stereocenters. The van der Waals surface area contributed by atoms with E-state index in [1.165, 1.54) is 0 Å². The van der Waals surface area contributed by atoms with Gasteiger partial charge in [-0.25, -0.2) is 0 Å². The Balaban J connectivity index is 2.36. The van der Waals surface area contributed by atoms with Gasteiger partial charge >= 0.3 is 7.12 Å². The molecule has 0 amide bonds. The second-order valence-corrected chi connectivity index (χ2v) is 3.77. The normalized spacial score (nSPS) is 21.6. The molecule has 0 aromatic heterocycles. The molecule has 0 aromatic carbocycles. The summed E-state index contributed by atoms with van der Waals surface area (Å²) in [7, 11) is 0.464. The first-order valence-electron chi connectivity index (χ1n) is 4.45. The average molecular weight is 202 g/mol. The minimum atomic E-state index is -1.32. The third-order valence-electron chi connectivity index (χ3n) is 2.17. The van der Waals surface area contributed by atoms with Gasteiger partial charge in [0.15, 0.2) is 0 Å². The SMILES string of the molecule is CN(CB(O)O)C(=S)[C@@H]1CCCN1. The largest absolute Gasteiger partial charge is 0.472 e. The quantitative estimate of drug-likeness (QED) is 0.405. The fraction of sp³-hybridized carbons (Fsp3) is 0.857. The summed E-state index contributed by atoms with van der Waals surface area (Å²) in [6, 6.07) is 0.235. The van der Waals surface area contributed by atoms with Crippen molar-refractivity contribution in [3.63, 3.8) is 0 Å². The van der Waals surface area contributed by atoms with Crippen molar-refractivity contribution >= 4 is 24.3 Å². The van der Waals surface area contributed by atoms with Crippen LogP contribution in [0.15, 0.2) is 0 Å². The van der Waals surface area contributed by atoms with Crippen LogP contribution in [0.3, 0.4) is 0 Å². The summed E-state index contributed by atoms with van der Waals surface area (Å²) < 4.78 is 0. The van der Waals surface area contributed by atoms with Crippen LogP contribution < -0.4 is 5.32 Å². The summed E-state index contributed by atoms with van der Waals surface area (Å²) in [6.45, 7) is 1.00. The molecule has 3 N–H and O–H groups in total. The van der Waals surface area contributed by atoms with E-state index in [-0.39, 0.29) is 12.5 Å². The van der Waals surface area contributed by atoms with Crippen LogP contribution in [0.25, 0.3) is 0 Å². The molecule has 1 rings (SSSR count). The van der Waals surface area contributed by atoms with Crippen molar-refractivity contribution in [2.45, 2.75) is 18.9 Å². The Morgan fingerprint density at radius 2 is 2.38 bits per heavy atom. The zero-order chi connectivity index (χ0) is 9.84. The molecule has 0 spiro atoms. The first kappa shape index (κ1) is 10.9.